The molecule has 0 unspecified atom stereocenters. The minimum Gasteiger partial charge on any atom is -0.369 e. The van der Waals surface area contributed by atoms with Crippen LogP contribution in [0.2, 0.25) is 0 Å². The highest BCUT2D eigenvalue weighted by atomic mass is 19.1. The molecule has 0 aromatic heterocycles. The number of carbonyl (C=O) groups is 1. The molecule has 0 bridgehead atoms. The molecule has 0 aliphatic carbocycles. The van der Waals surface area contributed by atoms with E-state index in [1.54, 1.807) is 0 Å². The first-order valence-corrected chi connectivity index (χ1v) is 4.06. The van der Waals surface area contributed by atoms with Crippen LogP contribution in [-0.4, -0.2) is 11.9 Å². The number of carbonyl (C=O) groups excluding carboxylic acids is 1. The Morgan fingerprint density at radius 1 is 1.47 bits per heavy atom. The van der Waals surface area contributed by atoms with Crippen LogP contribution in [0.15, 0.2) is 23.2 Å². The Kier molecular flexibility index (Phi) is 3.33. The van der Waals surface area contributed by atoms with Crippen LogP contribution >= 0.6 is 0 Å². The van der Waals surface area contributed by atoms with Crippen LogP contribution in [0.4, 0.5) is 14.5 Å². The molecule has 1 rings (SSSR count). The summed E-state index contributed by atoms with van der Waals surface area (Å²) in [6.07, 6.45) is 0. The van der Waals surface area contributed by atoms with E-state index < -0.39 is 17.5 Å². The van der Waals surface area contributed by atoms with Gasteiger partial charge in [-0.25, -0.2) is 13.8 Å². The molecule has 15 heavy (non-hydrogen) atoms. The molecule has 0 saturated carbocycles. The zero-order valence-corrected chi connectivity index (χ0v) is 7.92. The third-order valence-electron chi connectivity index (χ3n) is 1.45. The number of rotatable bonds is 1. The Morgan fingerprint density at radius 2 is 2.13 bits per heavy atom. The molecule has 0 radical (unpaired) electrons. The maximum Gasteiger partial charge on any atom is 0.223 e. The molecule has 80 valence electrons. The van der Waals surface area contributed by atoms with E-state index in [2.05, 4.69) is 10.3 Å². The molecule has 1 aromatic rings. The highest BCUT2D eigenvalue weighted by Gasteiger charge is 2.03. The number of aliphatic imine (C=N–C) groups is 1. The summed E-state index contributed by atoms with van der Waals surface area (Å²) >= 11 is 0. The summed E-state index contributed by atoms with van der Waals surface area (Å²) in [7, 11) is 0. The molecule has 0 aliphatic heterocycles. The van der Waals surface area contributed by atoms with Gasteiger partial charge in [-0.05, 0) is 12.1 Å². The molecule has 6 heteroatoms. The lowest BCUT2D eigenvalue weighted by Crippen LogP contribution is -2.34. The number of hydrogen-bond acceptors (Lipinski definition) is 2. The second-order valence-corrected chi connectivity index (χ2v) is 2.77. The van der Waals surface area contributed by atoms with Crippen molar-refractivity contribution in [3.8, 4) is 0 Å². The number of nitrogens with one attached hydrogen (secondary N) is 1. The van der Waals surface area contributed by atoms with Crippen LogP contribution in [0.1, 0.15) is 6.92 Å². The first-order chi connectivity index (χ1) is 6.99. The fraction of sp³-hybridized carbons (Fsp3) is 0.111. The number of nitrogens with zero attached hydrogens (tertiary/aromatic N) is 1. The number of amides is 1. The van der Waals surface area contributed by atoms with Crippen LogP contribution in [0, 0.1) is 11.6 Å². The zero-order chi connectivity index (χ0) is 11.4. The number of guanidine groups is 1. The summed E-state index contributed by atoms with van der Waals surface area (Å²) in [5, 5.41) is 2.16. The van der Waals surface area contributed by atoms with E-state index in [1.165, 1.54) is 6.92 Å². The average Bonchev–Trinajstić information content (AvgIpc) is 2.08. The predicted octanol–water partition coefficient (Wildman–Crippen LogP) is 1.05. The maximum atomic E-state index is 13.0. The minimum atomic E-state index is -0.844. The fourth-order valence-corrected chi connectivity index (χ4v) is 0.910. The van der Waals surface area contributed by atoms with Crippen LogP contribution in [-0.2, 0) is 4.79 Å². The van der Waals surface area contributed by atoms with Crippen LogP contribution < -0.4 is 11.1 Å². The Bertz CT molecular complexity index is 418. The van der Waals surface area contributed by atoms with Crippen LogP contribution in [0.5, 0.6) is 0 Å². The highest BCUT2D eigenvalue weighted by Crippen LogP contribution is 2.17. The molecule has 1 amide bonds. The lowest BCUT2D eigenvalue weighted by atomic mass is 10.3. The second kappa shape index (κ2) is 4.50. The third kappa shape index (κ3) is 3.34. The van der Waals surface area contributed by atoms with Crippen molar-refractivity contribution in [2.24, 2.45) is 10.7 Å². The molecule has 1 aromatic carbocycles. The van der Waals surface area contributed by atoms with E-state index in [-0.39, 0.29) is 11.6 Å². The fourth-order valence-electron chi connectivity index (χ4n) is 0.910. The maximum absolute atomic E-state index is 13.0. The van der Waals surface area contributed by atoms with E-state index in [1.807, 2.05) is 0 Å². The zero-order valence-electron chi connectivity index (χ0n) is 7.92. The summed E-state index contributed by atoms with van der Waals surface area (Å²) in [6.45, 7) is 1.24. The van der Waals surface area contributed by atoms with Gasteiger partial charge in [0.2, 0.25) is 11.9 Å². The van der Waals surface area contributed by atoms with Gasteiger partial charge in [-0.15, -0.1) is 0 Å². The number of benzene rings is 1. The van der Waals surface area contributed by atoms with Gasteiger partial charge in [0.1, 0.15) is 11.5 Å². The van der Waals surface area contributed by atoms with Gasteiger partial charge in [-0.1, -0.05) is 0 Å². The van der Waals surface area contributed by atoms with Crippen molar-refractivity contribution in [2.45, 2.75) is 6.92 Å². The van der Waals surface area contributed by atoms with Crippen molar-refractivity contribution in [1.29, 1.82) is 0 Å². The summed E-state index contributed by atoms with van der Waals surface area (Å²) in [5.41, 5.74) is 5.13. The van der Waals surface area contributed by atoms with Crippen molar-refractivity contribution < 1.29 is 13.6 Å². The topological polar surface area (TPSA) is 67.5 Å². The molecule has 0 fully saturated rings. The van der Waals surface area contributed by atoms with Gasteiger partial charge >= 0.3 is 0 Å². The van der Waals surface area contributed by atoms with Crippen molar-refractivity contribution in [3.63, 3.8) is 0 Å². The quantitative estimate of drug-likeness (QED) is 0.540. The van der Waals surface area contributed by atoms with Gasteiger partial charge in [-0.3, -0.25) is 10.1 Å². The third-order valence-corrected chi connectivity index (χ3v) is 1.45. The van der Waals surface area contributed by atoms with Gasteiger partial charge in [-0.2, -0.15) is 0 Å². The highest BCUT2D eigenvalue weighted by molar-refractivity contribution is 5.96. The summed E-state index contributed by atoms with van der Waals surface area (Å²) in [4.78, 5) is 14.1. The molecule has 3 N–H and O–H groups in total. The number of nitrogens with two attached hydrogens (primary N) is 1. The van der Waals surface area contributed by atoms with E-state index in [0.29, 0.717) is 6.07 Å². The number of halogens is 2. The summed E-state index contributed by atoms with van der Waals surface area (Å²) in [6, 6.07) is 2.85. The monoisotopic (exact) mass is 213 g/mol. The van der Waals surface area contributed by atoms with Crippen molar-refractivity contribution in [3.05, 3.63) is 29.8 Å². The summed E-state index contributed by atoms with van der Waals surface area (Å²) in [5.74, 6) is -2.21. The molecule has 0 spiro atoms. The lowest BCUT2D eigenvalue weighted by molar-refractivity contribution is -0.117. The molecule has 0 atom stereocenters. The lowest BCUT2D eigenvalue weighted by Gasteiger charge is -2.01. The Hall–Kier alpha value is -1.98. The standard InChI is InChI=1S/C9H9F2N3O/c1-5(15)13-9(12)14-8-3-2-6(10)4-7(8)11/h2-4H,1H3,(H3,12,13,14,15). The molecule has 0 saturated heterocycles. The summed E-state index contributed by atoms with van der Waals surface area (Å²) < 4.78 is 25.5. The predicted molar refractivity (Wildman–Crippen MR) is 51.5 cm³/mol. The largest absolute Gasteiger partial charge is 0.369 e. The smallest absolute Gasteiger partial charge is 0.223 e. The van der Waals surface area contributed by atoms with E-state index in [0.717, 1.165) is 12.1 Å². The Balaban J connectivity index is 2.92. The van der Waals surface area contributed by atoms with E-state index in [9.17, 15) is 13.6 Å². The van der Waals surface area contributed by atoms with Crippen LogP contribution in [0.3, 0.4) is 0 Å². The minimum absolute atomic E-state index is 0.136. The average molecular weight is 213 g/mol. The molecule has 4 nitrogen and oxygen atoms in total. The van der Waals surface area contributed by atoms with Crippen molar-refractivity contribution in [2.75, 3.05) is 0 Å². The van der Waals surface area contributed by atoms with Gasteiger partial charge in [0.25, 0.3) is 0 Å². The van der Waals surface area contributed by atoms with Gasteiger partial charge < -0.3 is 5.73 Å². The van der Waals surface area contributed by atoms with Gasteiger partial charge in [0.15, 0.2) is 5.82 Å². The van der Waals surface area contributed by atoms with Gasteiger partial charge in [0.05, 0.1) is 0 Å². The van der Waals surface area contributed by atoms with Crippen molar-refractivity contribution in [1.82, 2.24) is 5.32 Å². The number of hydrogen-bond donors (Lipinski definition) is 2. The Morgan fingerprint density at radius 3 is 2.67 bits per heavy atom. The first-order valence-electron chi connectivity index (χ1n) is 4.06. The Labute approximate surface area is 84.8 Å². The van der Waals surface area contributed by atoms with Crippen LogP contribution in [0.25, 0.3) is 0 Å². The van der Waals surface area contributed by atoms with Crippen molar-refractivity contribution >= 4 is 17.6 Å². The SMILES string of the molecule is CC(=O)NC(N)=Nc1ccc(F)cc1F. The van der Waals surface area contributed by atoms with Gasteiger partial charge in [0, 0.05) is 13.0 Å². The molecular formula is C9H9F2N3O. The normalized spacial score (nSPS) is 11.3. The second-order valence-electron chi connectivity index (χ2n) is 2.77. The molecular weight excluding hydrogens is 204 g/mol. The van der Waals surface area contributed by atoms with E-state index in [4.69, 9.17) is 5.73 Å². The first kappa shape index (κ1) is 11.1. The molecule has 0 heterocycles. The van der Waals surface area contributed by atoms with E-state index >= 15 is 0 Å². The molecule has 0 aliphatic rings.